The molecule has 1 aliphatic heterocycles. The normalized spacial score (nSPS) is 19.2. The molecule has 0 aliphatic carbocycles. The minimum Gasteiger partial charge on any atom is -0.348 e. The minimum absolute atomic E-state index is 0.179. The number of nitrogens with zero attached hydrogens (tertiary/aromatic N) is 1. The van der Waals surface area contributed by atoms with Crippen molar-refractivity contribution in [3.63, 3.8) is 0 Å². The molecule has 138 valence electrons. The maximum Gasteiger partial charge on any atom is 0.243 e. The molecule has 0 saturated carbocycles. The van der Waals surface area contributed by atoms with Crippen LogP contribution < -0.4 is 5.32 Å². The third-order valence-electron chi connectivity index (χ3n) is 4.56. The van der Waals surface area contributed by atoms with Gasteiger partial charge >= 0.3 is 0 Å². The van der Waals surface area contributed by atoms with Gasteiger partial charge < -0.3 is 5.32 Å². The first-order chi connectivity index (χ1) is 12.4. The van der Waals surface area contributed by atoms with Gasteiger partial charge in [0.25, 0.3) is 0 Å². The molecule has 3 rings (SSSR count). The summed E-state index contributed by atoms with van der Waals surface area (Å²) in [4.78, 5) is 12.9. The minimum atomic E-state index is -3.73. The van der Waals surface area contributed by atoms with Crippen molar-refractivity contribution in [3.05, 3.63) is 66.0 Å². The van der Waals surface area contributed by atoms with Gasteiger partial charge in [-0.2, -0.15) is 4.31 Å². The van der Waals surface area contributed by atoms with E-state index < -0.39 is 22.1 Å². The zero-order valence-electron chi connectivity index (χ0n) is 14.4. The van der Waals surface area contributed by atoms with Gasteiger partial charge in [-0.3, -0.25) is 4.79 Å². The highest BCUT2D eigenvalue weighted by Crippen LogP contribution is 2.26. The monoisotopic (exact) mass is 376 g/mol. The maximum absolute atomic E-state index is 13.4. The number of amides is 1. The Kier molecular flexibility index (Phi) is 5.38. The van der Waals surface area contributed by atoms with Gasteiger partial charge in [-0.1, -0.05) is 30.3 Å². The molecule has 1 saturated heterocycles. The zero-order chi connectivity index (χ0) is 18.7. The van der Waals surface area contributed by atoms with E-state index in [9.17, 15) is 17.6 Å². The van der Waals surface area contributed by atoms with Gasteiger partial charge in [0.1, 0.15) is 11.9 Å². The van der Waals surface area contributed by atoms with Crippen LogP contribution in [0.5, 0.6) is 0 Å². The number of benzene rings is 2. The van der Waals surface area contributed by atoms with Crippen LogP contribution in [0.2, 0.25) is 0 Å². The van der Waals surface area contributed by atoms with Crippen LogP contribution in [0.15, 0.2) is 59.5 Å². The van der Waals surface area contributed by atoms with E-state index >= 15 is 0 Å². The van der Waals surface area contributed by atoms with Crippen LogP contribution in [0.1, 0.15) is 31.4 Å². The molecule has 1 N–H and O–H groups in total. The summed E-state index contributed by atoms with van der Waals surface area (Å²) in [6.07, 6.45) is 1.09. The van der Waals surface area contributed by atoms with Crippen molar-refractivity contribution in [2.45, 2.75) is 36.7 Å². The fourth-order valence-corrected chi connectivity index (χ4v) is 4.86. The van der Waals surface area contributed by atoms with Crippen molar-refractivity contribution in [1.29, 1.82) is 0 Å². The van der Waals surface area contributed by atoms with Crippen molar-refractivity contribution < 1.29 is 17.6 Å². The highest BCUT2D eigenvalue weighted by atomic mass is 32.2. The van der Waals surface area contributed by atoms with E-state index in [1.807, 2.05) is 0 Å². The zero-order valence-corrected chi connectivity index (χ0v) is 15.2. The Morgan fingerprint density at radius 1 is 1.19 bits per heavy atom. The number of halogens is 1. The number of rotatable bonds is 5. The molecule has 26 heavy (non-hydrogen) atoms. The summed E-state index contributed by atoms with van der Waals surface area (Å²) in [7, 11) is -3.73. The van der Waals surface area contributed by atoms with E-state index in [2.05, 4.69) is 5.32 Å². The summed E-state index contributed by atoms with van der Waals surface area (Å²) in [6.45, 7) is 2.06. The summed E-state index contributed by atoms with van der Waals surface area (Å²) < 4.78 is 40.3. The van der Waals surface area contributed by atoms with Crippen molar-refractivity contribution in [2.75, 3.05) is 6.54 Å². The standard InChI is InChI=1S/C19H21FN2O3S/c1-14(15-7-5-8-16(20)13-15)21-19(23)18-11-6-12-22(18)26(24,25)17-9-3-2-4-10-17/h2-5,7-10,13-14,18H,6,11-12H2,1H3,(H,21,23)/t14-,18+/m1/s1. The Bertz CT molecular complexity index is 887. The van der Waals surface area contributed by atoms with Gasteiger partial charge in [-0.15, -0.1) is 0 Å². The SMILES string of the molecule is C[C@@H](NC(=O)[C@@H]1CCCN1S(=O)(=O)c1ccccc1)c1cccc(F)c1. The van der Waals surface area contributed by atoms with Crippen molar-refractivity contribution in [2.24, 2.45) is 0 Å². The fourth-order valence-electron chi connectivity index (χ4n) is 3.19. The number of hydrogen-bond acceptors (Lipinski definition) is 3. The largest absolute Gasteiger partial charge is 0.348 e. The van der Waals surface area contributed by atoms with E-state index in [4.69, 9.17) is 0 Å². The highest BCUT2D eigenvalue weighted by Gasteiger charge is 2.39. The quantitative estimate of drug-likeness (QED) is 0.873. The van der Waals surface area contributed by atoms with E-state index in [0.717, 1.165) is 0 Å². The molecule has 1 fully saturated rings. The molecule has 1 aliphatic rings. The number of nitrogens with one attached hydrogen (secondary N) is 1. The fraction of sp³-hybridized carbons (Fsp3) is 0.316. The van der Waals surface area contributed by atoms with E-state index in [-0.39, 0.29) is 16.6 Å². The summed E-state index contributed by atoms with van der Waals surface area (Å²) in [6, 6.07) is 12.9. The maximum atomic E-state index is 13.4. The lowest BCUT2D eigenvalue weighted by Gasteiger charge is -2.25. The van der Waals surface area contributed by atoms with Crippen LogP contribution >= 0.6 is 0 Å². The van der Waals surface area contributed by atoms with Gasteiger partial charge in [0.15, 0.2) is 0 Å². The van der Waals surface area contributed by atoms with Crippen molar-refractivity contribution in [1.82, 2.24) is 9.62 Å². The van der Waals surface area contributed by atoms with Gasteiger partial charge in [0.05, 0.1) is 10.9 Å². The highest BCUT2D eigenvalue weighted by molar-refractivity contribution is 7.89. The first kappa shape index (κ1) is 18.5. The summed E-state index contributed by atoms with van der Waals surface area (Å²) in [5.41, 5.74) is 0.633. The number of hydrogen-bond donors (Lipinski definition) is 1. The first-order valence-electron chi connectivity index (χ1n) is 8.52. The summed E-state index contributed by atoms with van der Waals surface area (Å²) in [5, 5.41) is 2.81. The third-order valence-corrected chi connectivity index (χ3v) is 6.49. The van der Waals surface area contributed by atoms with Gasteiger partial charge in [0, 0.05) is 6.54 Å². The lowest BCUT2D eigenvalue weighted by Crippen LogP contribution is -2.46. The van der Waals surface area contributed by atoms with Crippen LogP contribution in [0.4, 0.5) is 4.39 Å². The topological polar surface area (TPSA) is 66.5 Å². The van der Waals surface area contributed by atoms with E-state index in [0.29, 0.717) is 24.9 Å². The molecule has 2 atom stereocenters. The Hall–Kier alpha value is -2.25. The average molecular weight is 376 g/mol. The second-order valence-electron chi connectivity index (χ2n) is 6.37. The first-order valence-corrected chi connectivity index (χ1v) is 9.96. The van der Waals surface area contributed by atoms with Crippen LogP contribution in [0, 0.1) is 5.82 Å². The molecule has 0 bridgehead atoms. The van der Waals surface area contributed by atoms with Gasteiger partial charge in [0.2, 0.25) is 15.9 Å². The molecule has 0 radical (unpaired) electrons. The molecule has 2 aromatic rings. The number of sulfonamides is 1. The average Bonchev–Trinajstić information content (AvgIpc) is 3.13. The molecule has 1 heterocycles. The molecular weight excluding hydrogens is 355 g/mol. The molecule has 2 aromatic carbocycles. The van der Waals surface area contributed by atoms with Gasteiger partial charge in [-0.25, -0.2) is 12.8 Å². The molecule has 1 amide bonds. The number of carbonyl (C=O) groups is 1. The molecule has 0 unspecified atom stereocenters. The summed E-state index contributed by atoms with van der Waals surface area (Å²) in [5.74, 6) is -0.739. The molecular formula is C19H21FN2O3S. The Morgan fingerprint density at radius 3 is 2.62 bits per heavy atom. The Morgan fingerprint density at radius 2 is 1.92 bits per heavy atom. The molecule has 0 spiro atoms. The van der Waals surface area contributed by atoms with Crippen LogP contribution in [0.3, 0.4) is 0 Å². The van der Waals surface area contributed by atoms with Crippen LogP contribution in [-0.2, 0) is 14.8 Å². The van der Waals surface area contributed by atoms with E-state index in [1.54, 1.807) is 37.3 Å². The molecule has 5 nitrogen and oxygen atoms in total. The molecule has 0 aromatic heterocycles. The lowest BCUT2D eigenvalue weighted by molar-refractivity contribution is -0.124. The second-order valence-corrected chi connectivity index (χ2v) is 8.26. The Balaban J connectivity index is 1.76. The second kappa shape index (κ2) is 7.55. The Labute approximate surface area is 152 Å². The van der Waals surface area contributed by atoms with Gasteiger partial charge in [-0.05, 0) is 49.6 Å². The molecule has 7 heteroatoms. The lowest BCUT2D eigenvalue weighted by atomic mass is 10.1. The smallest absolute Gasteiger partial charge is 0.243 e. The van der Waals surface area contributed by atoms with Crippen molar-refractivity contribution >= 4 is 15.9 Å². The summed E-state index contributed by atoms with van der Waals surface area (Å²) >= 11 is 0. The predicted octanol–water partition coefficient (Wildman–Crippen LogP) is 2.86. The van der Waals surface area contributed by atoms with Crippen LogP contribution in [-0.4, -0.2) is 31.2 Å². The van der Waals surface area contributed by atoms with Crippen molar-refractivity contribution in [3.8, 4) is 0 Å². The van der Waals surface area contributed by atoms with E-state index in [1.165, 1.54) is 28.6 Å². The number of carbonyl (C=O) groups excluding carboxylic acids is 1. The third kappa shape index (κ3) is 3.78. The predicted molar refractivity (Wildman–Crippen MR) is 96.3 cm³/mol. The van der Waals surface area contributed by atoms with Crippen LogP contribution in [0.25, 0.3) is 0 Å².